The smallest absolute Gasteiger partial charge is 0.202 e. The van der Waals surface area contributed by atoms with Crippen LogP contribution >= 0.6 is 38.0 Å². The SMILES string of the molecule is CBr.O=C=S.P. The lowest BCUT2D eigenvalue weighted by molar-refractivity contribution is 0.572. The fraction of sp³-hybridized carbons (Fsp3) is 0.500. The average Bonchev–Trinajstić information content (AvgIpc) is 1.46. The highest BCUT2D eigenvalue weighted by Gasteiger charge is 1.07. The van der Waals surface area contributed by atoms with Crippen molar-refractivity contribution in [3.05, 3.63) is 0 Å². The van der Waals surface area contributed by atoms with Crippen LogP contribution in [0.3, 0.4) is 0 Å². The molecule has 1 unspecified atom stereocenters. The number of rotatable bonds is 0. The molecule has 0 aromatic rings. The van der Waals surface area contributed by atoms with E-state index in [4.69, 9.17) is 4.79 Å². The third-order valence-electron chi connectivity index (χ3n) is 0. The lowest BCUT2D eigenvalue weighted by atomic mass is 11.9. The number of carbonyl (C=O) groups excluding carboxylic acids is 1. The maximum atomic E-state index is 8.50. The molecule has 0 bridgehead atoms. The number of hydrogen-bond acceptors (Lipinski definition) is 2. The van der Waals surface area contributed by atoms with Crippen LogP contribution in [0.1, 0.15) is 0 Å². The Balaban J connectivity index is -0.0000000275. The molecule has 38 valence electrons. The van der Waals surface area contributed by atoms with Crippen molar-refractivity contribution < 1.29 is 4.79 Å². The van der Waals surface area contributed by atoms with Gasteiger partial charge in [0.2, 0.25) is 5.23 Å². The van der Waals surface area contributed by atoms with E-state index in [0.29, 0.717) is 0 Å². The molecule has 0 fully saturated rings. The van der Waals surface area contributed by atoms with Crippen LogP contribution in [-0.2, 0) is 4.79 Å². The molecule has 0 saturated carbocycles. The summed E-state index contributed by atoms with van der Waals surface area (Å²) in [7, 11) is 0. The predicted molar refractivity (Wildman–Crippen MR) is 39.2 cm³/mol. The minimum Gasteiger partial charge on any atom is -0.220 e. The van der Waals surface area contributed by atoms with Crippen molar-refractivity contribution in [3.8, 4) is 0 Å². The van der Waals surface area contributed by atoms with Crippen LogP contribution in [0.2, 0.25) is 0 Å². The van der Waals surface area contributed by atoms with Crippen LogP contribution in [0.25, 0.3) is 0 Å². The van der Waals surface area contributed by atoms with Crippen LogP contribution < -0.4 is 0 Å². The van der Waals surface area contributed by atoms with Gasteiger partial charge < -0.3 is 0 Å². The number of alkyl halides is 1. The van der Waals surface area contributed by atoms with Gasteiger partial charge in [0.05, 0.1) is 0 Å². The summed E-state index contributed by atoms with van der Waals surface area (Å²) in [5.41, 5.74) is 0. The zero-order valence-electron chi connectivity index (χ0n) is 3.40. The lowest BCUT2D eigenvalue weighted by Crippen LogP contribution is -1.08. The molecule has 1 atom stereocenters. The maximum absolute atomic E-state index is 8.50. The molecule has 0 amide bonds. The van der Waals surface area contributed by atoms with Crippen LogP contribution in [0.4, 0.5) is 0 Å². The van der Waals surface area contributed by atoms with Crippen molar-refractivity contribution in [1.82, 2.24) is 0 Å². The highest BCUT2D eigenvalue weighted by molar-refractivity contribution is 9.08. The van der Waals surface area contributed by atoms with Gasteiger partial charge in [0.1, 0.15) is 0 Å². The van der Waals surface area contributed by atoms with E-state index >= 15 is 0 Å². The van der Waals surface area contributed by atoms with Crippen molar-refractivity contribution in [1.29, 1.82) is 0 Å². The summed E-state index contributed by atoms with van der Waals surface area (Å²) in [6.07, 6.45) is 0. The highest BCUT2D eigenvalue weighted by atomic mass is 79.9. The van der Waals surface area contributed by atoms with E-state index in [1.165, 1.54) is 0 Å². The minimum absolute atomic E-state index is 0. The Kier molecular flexibility index (Phi) is 115. The largest absolute Gasteiger partial charge is 0.220 e. The van der Waals surface area contributed by atoms with Crippen molar-refractivity contribution >= 4 is 43.3 Å². The second-order valence-corrected chi connectivity index (χ2v) is 0.250. The lowest BCUT2D eigenvalue weighted by Gasteiger charge is -1.05. The first-order chi connectivity index (χ1) is 2.41. The normalized spacial score (nSPS) is 2.33. The summed E-state index contributed by atoms with van der Waals surface area (Å²) >= 11 is 6.53. The molecular formula is C2H6BrOPS. The van der Waals surface area contributed by atoms with Gasteiger partial charge in [-0.2, -0.15) is 9.90 Å². The van der Waals surface area contributed by atoms with Gasteiger partial charge in [-0.25, -0.2) is 4.79 Å². The molecule has 0 aliphatic heterocycles. The van der Waals surface area contributed by atoms with E-state index in [2.05, 4.69) is 28.1 Å². The Morgan fingerprint density at radius 2 is 1.67 bits per heavy atom. The Hall–Kier alpha value is 0.710. The molecule has 0 rings (SSSR count). The molecule has 6 heavy (non-hydrogen) atoms. The summed E-state index contributed by atoms with van der Waals surface area (Å²) in [5, 5.41) is 1.08. The third kappa shape index (κ3) is 129. The Bertz CT molecular complexity index is 34.5. The molecule has 0 aliphatic carbocycles. The molecule has 0 spiro atoms. The molecule has 0 heterocycles. The standard InChI is InChI=1S/CH3Br.COS.H3P/c1-2;2-1-3;/h1H3;;1H3. The zero-order valence-corrected chi connectivity index (χ0v) is 7.22. The van der Waals surface area contributed by atoms with Crippen molar-refractivity contribution in [2.75, 3.05) is 5.83 Å². The van der Waals surface area contributed by atoms with E-state index in [-0.39, 0.29) is 9.90 Å². The molecular weight excluding hydrogens is 183 g/mol. The van der Waals surface area contributed by atoms with Crippen molar-refractivity contribution in [2.24, 2.45) is 0 Å². The summed E-state index contributed by atoms with van der Waals surface area (Å²) in [4.78, 5) is 8.50. The molecule has 0 saturated heterocycles. The first kappa shape index (κ1) is 15.9. The fourth-order valence-electron chi connectivity index (χ4n) is 0. The fourth-order valence-corrected chi connectivity index (χ4v) is 0. The van der Waals surface area contributed by atoms with E-state index in [0.717, 1.165) is 5.23 Å². The summed E-state index contributed by atoms with van der Waals surface area (Å²) in [6, 6.07) is 0. The second kappa shape index (κ2) is 43.3. The van der Waals surface area contributed by atoms with Crippen molar-refractivity contribution in [2.45, 2.75) is 0 Å². The van der Waals surface area contributed by atoms with Gasteiger partial charge in [0, 0.05) is 12.2 Å². The van der Waals surface area contributed by atoms with E-state index in [1.54, 1.807) is 0 Å². The van der Waals surface area contributed by atoms with Gasteiger partial charge in [-0.1, -0.05) is 15.9 Å². The van der Waals surface area contributed by atoms with E-state index in [1.807, 2.05) is 5.83 Å². The molecule has 0 N–H and O–H groups in total. The van der Waals surface area contributed by atoms with Crippen molar-refractivity contribution in [3.63, 3.8) is 0 Å². The average molecular weight is 189 g/mol. The molecule has 0 aromatic heterocycles. The van der Waals surface area contributed by atoms with E-state index in [9.17, 15) is 0 Å². The summed E-state index contributed by atoms with van der Waals surface area (Å²) in [5.74, 6) is 1.81. The molecule has 0 aromatic carbocycles. The van der Waals surface area contributed by atoms with Gasteiger partial charge in [-0.3, -0.25) is 0 Å². The van der Waals surface area contributed by atoms with Crippen LogP contribution in [0, 0.1) is 0 Å². The van der Waals surface area contributed by atoms with Gasteiger partial charge in [-0.15, -0.1) is 0 Å². The highest BCUT2D eigenvalue weighted by Crippen LogP contribution is 1.45. The Labute approximate surface area is 54.2 Å². The van der Waals surface area contributed by atoms with E-state index < -0.39 is 0 Å². The quantitative estimate of drug-likeness (QED) is 0.324. The zero-order chi connectivity index (χ0) is 4.71. The molecule has 0 radical (unpaired) electrons. The van der Waals surface area contributed by atoms with Crippen LogP contribution in [0.15, 0.2) is 0 Å². The maximum Gasteiger partial charge on any atom is 0.202 e. The number of thiocarbonyl (C=S) groups is 1. The number of halogens is 1. The predicted octanol–water partition coefficient (Wildman–Crippen LogP) is 1.32. The minimum atomic E-state index is 0. The number of hydrogen-bond donors (Lipinski definition) is 0. The molecule has 1 nitrogen and oxygen atoms in total. The monoisotopic (exact) mass is 188 g/mol. The molecule has 4 heteroatoms. The Morgan fingerprint density at radius 3 is 1.67 bits per heavy atom. The summed E-state index contributed by atoms with van der Waals surface area (Å²) in [6.45, 7) is 0. The first-order valence-corrected chi connectivity index (χ1v) is 2.78. The van der Waals surface area contributed by atoms with Gasteiger partial charge >= 0.3 is 0 Å². The van der Waals surface area contributed by atoms with Gasteiger partial charge in [-0.05, 0) is 5.83 Å². The topological polar surface area (TPSA) is 17.1 Å². The molecule has 0 aliphatic rings. The third-order valence-corrected chi connectivity index (χ3v) is 0. The summed E-state index contributed by atoms with van der Waals surface area (Å²) < 4.78 is 0. The first-order valence-electron chi connectivity index (χ1n) is 0.786. The second-order valence-electron chi connectivity index (χ2n) is 0.0833. The van der Waals surface area contributed by atoms with Gasteiger partial charge in [0.25, 0.3) is 0 Å². The Morgan fingerprint density at radius 1 is 1.67 bits per heavy atom. The van der Waals surface area contributed by atoms with Crippen LogP contribution in [-0.4, -0.2) is 11.1 Å². The van der Waals surface area contributed by atoms with Gasteiger partial charge in [0.15, 0.2) is 0 Å². The van der Waals surface area contributed by atoms with Crippen LogP contribution in [0.5, 0.6) is 0 Å².